The molecule has 3 N–H and O–H groups in total. The molecular weight excluding hydrogens is 428 g/mol. The summed E-state index contributed by atoms with van der Waals surface area (Å²) in [5.74, 6) is -8.73. The molecule has 0 aliphatic rings. The summed E-state index contributed by atoms with van der Waals surface area (Å²) >= 11 is 0. The summed E-state index contributed by atoms with van der Waals surface area (Å²) < 4.78 is 5.68. The molecule has 0 aliphatic carbocycles. The third kappa shape index (κ3) is 14.6. The highest BCUT2D eigenvalue weighted by molar-refractivity contribution is 5.86. The maximum absolute atomic E-state index is 12.7. The monoisotopic (exact) mass is 472 g/mol. The number of hydrogen-bond acceptors (Lipinski definition) is 5. The zero-order chi connectivity index (χ0) is 25.8. The molecule has 0 aromatic carbocycles. The number of esters is 1. The lowest BCUT2D eigenvalue weighted by Crippen LogP contribution is -2.35. The van der Waals surface area contributed by atoms with Crippen LogP contribution >= 0.6 is 0 Å². The summed E-state index contributed by atoms with van der Waals surface area (Å²) in [6, 6.07) is 0. The third-order valence-electron chi connectivity index (χ3n) is 5.78. The molecule has 33 heavy (non-hydrogen) atoms. The summed E-state index contributed by atoms with van der Waals surface area (Å²) in [5, 5.41) is 27.7. The van der Waals surface area contributed by atoms with Gasteiger partial charge in [-0.1, -0.05) is 73.6 Å². The predicted molar refractivity (Wildman–Crippen MR) is 125 cm³/mol. The van der Waals surface area contributed by atoms with Gasteiger partial charge in [0.05, 0.1) is 24.7 Å². The molecule has 8 heteroatoms. The zero-order valence-corrected chi connectivity index (χ0v) is 21.2. The van der Waals surface area contributed by atoms with Gasteiger partial charge in [0.25, 0.3) is 0 Å². The van der Waals surface area contributed by atoms with Crippen LogP contribution in [0.4, 0.5) is 0 Å². The molecule has 0 amide bonds. The van der Waals surface area contributed by atoms with E-state index in [2.05, 4.69) is 20.8 Å². The molecule has 0 bridgehead atoms. The first-order chi connectivity index (χ1) is 15.1. The number of hydrogen-bond donors (Lipinski definition) is 3. The minimum Gasteiger partial charge on any atom is -0.481 e. The molecule has 192 valence electrons. The average Bonchev–Trinajstić information content (AvgIpc) is 2.61. The molecule has 3 unspecified atom stereocenters. The Bertz CT molecular complexity index is 647. The Kier molecular flexibility index (Phi) is 13.3. The number of carbonyl (C=O) groups excluding carboxylic acids is 1. The van der Waals surface area contributed by atoms with E-state index >= 15 is 0 Å². The Balaban J connectivity index is 5.30. The van der Waals surface area contributed by atoms with E-state index < -0.39 is 54.7 Å². The summed E-state index contributed by atoms with van der Waals surface area (Å²) in [7, 11) is 0. The molecule has 8 nitrogen and oxygen atoms in total. The van der Waals surface area contributed by atoms with Crippen LogP contribution in [0.3, 0.4) is 0 Å². The van der Waals surface area contributed by atoms with E-state index in [0.29, 0.717) is 12.8 Å². The van der Waals surface area contributed by atoms with Crippen LogP contribution in [0.15, 0.2) is 0 Å². The van der Waals surface area contributed by atoms with Crippen molar-refractivity contribution >= 4 is 23.9 Å². The topological polar surface area (TPSA) is 138 Å². The Morgan fingerprint density at radius 1 is 0.758 bits per heavy atom. The van der Waals surface area contributed by atoms with Crippen molar-refractivity contribution in [2.45, 2.75) is 112 Å². The number of carbonyl (C=O) groups is 4. The lowest BCUT2D eigenvalue weighted by Gasteiger charge is -2.33. The molecule has 0 aliphatic heterocycles. The molecule has 0 saturated carbocycles. The van der Waals surface area contributed by atoms with E-state index in [1.807, 2.05) is 20.8 Å². The van der Waals surface area contributed by atoms with Gasteiger partial charge in [-0.2, -0.15) is 0 Å². The minimum atomic E-state index is -1.71. The molecule has 0 aromatic heterocycles. The van der Waals surface area contributed by atoms with E-state index in [1.54, 1.807) is 0 Å². The smallest absolute Gasteiger partial charge is 0.307 e. The standard InChI is InChI=1S/C25H44O8/c1-7-8-9-10-11-12-25(5,6)16-17(15-24(2,3)4)33-21(28)14-19(23(31)32)18(22(29)30)13-20(26)27/h17-19H,7-16H2,1-6H3,(H,26,27)(H,29,30)(H,31,32). The van der Waals surface area contributed by atoms with Crippen LogP contribution < -0.4 is 0 Å². The SMILES string of the molecule is CCCCCCCC(C)(C)CC(CC(C)(C)C)OC(=O)CC(C(=O)O)C(CC(=O)O)C(=O)O. The second-order valence-electron chi connectivity index (χ2n) is 11.1. The lowest BCUT2D eigenvalue weighted by molar-refractivity contribution is -0.164. The maximum atomic E-state index is 12.7. The van der Waals surface area contributed by atoms with Crippen LogP contribution in [0, 0.1) is 22.7 Å². The van der Waals surface area contributed by atoms with Crippen molar-refractivity contribution in [3.8, 4) is 0 Å². The van der Waals surface area contributed by atoms with Crippen LogP contribution in [-0.4, -0.2) is 45.3 Å². The highest BCUT2D eigenvalue weighted by atomic mass is 16.5. The molecule has 0 heterocycles. The highest BCUT2D eigenvalue weighted by Crippen LogP contribution is 2.35. The molecule has 0 aromatic rings. The van der Waals surface area contributed by atoms with Crippen molar-refractivity contribution < 1.29 is 39.2 Å². The minimum absolute atomic E-state index is 0.0818. The van der Waals surface area contributed by atoms with Crippen molar-refractivity contribution in [2.24, 2.45) is 22.7 Å². The fourth-order valence-corrected chi connectivity index (χ4v) is 4.17. The molecule has 3 atom stereocenters. The molecule has 0 radical (unpaired) electrons. The molecular formula is C25H44O8. The largest absolute Gasteiger partial charge is 0.481 e. The summed E-state index contributed by atoms with van der Waals surface area (Å²) in [5.41, 5.74) is -0.219. The summed E-state index contributed by atoms with van der Waals surface area (Å²) in [4.78, 5) is 46.7. The van der Waals surface area contributed by atoms with Crippen molar-refractivity contribution in [3.63, 3.8) is 0 Å². The van der Waals surface area contributed by atoms with Crippen LogP contribution in [-0.2, 0) is 23.9 Å². The van der Waals surface area contributed by atoms with E-state index in [1.165, 1.54) is 19.3 Å². The summed E-state index contributed by atoms with van der Waals surface area (Å²) in [6.45, 7) is 12.5. The second-order valence-corrected chi connectivity index (χ2v) is 11.1. The van der Waals surface area contributed by atoms with Gasteiger partial charge in [0.2, 0.25) is 0 Å². The number of aliphatic carboxylic acids is 3. The summed E-state index contributed by atoms with van der Waals surface area (Å²) in [6.07, 6.45) is 5.99. The second kappa shape index (κ2) is 14.2. The fourth-order valence-electron chi connectivity index (χ4n) is 4.17. The van der Waals surface area contributed by atoms with Gasteiger partial charge in [0, 0.05) is 0 Å². The Morgan fingerprint density at radius 3 is 1.73 bits per heavy atom. The molecule has 0 fully saturated rings. The van der Waals surface area contributed by atoms with Gasteiger partial charge in [0.15, 0.2) is 0 Å². The Morgan fingerprint density at radius 2 is 1.27 bits per heavy atom. The molecule has 0 rings (SSSR count). The van der Waals surface area contributed by atoms with Crippen LogP contribution in [0.1, 0.15) is 106 Å². The van der Waals surface area contributed by atoms with E-state index in [9.17, 15) is 29.4 Å². The number of carboxylic acids is 3. The highest BCUT2D eigenvalue weighted by Gasteiger charge is 2.38. The zero-order valence-electron chi connectivity index (χ0n) is 21.2. The van der Waals surface area contributed by atoms with Crippen LogP contribution in [0.5, 0.6) is 0 Å². The molecule has 0 saturated heterocycles. The molecule has 0 spiro atoms. The van der Waals surface area contributed by atoms with Gasteiger partial charge >= 0.3 is 23.9 Å². The van der Waals surface area contributed by atoms with Crippen LogP contribution in [0.2, 0.25) is 0 Å². The number of unbranched alkanes of at least 4 members (excludes halogenated alkanes) is 4. The predicted octanol–water partition coefficient (Wildman–Crippen LogP) is 5.38. The van der Waals surface area contributed by atoms with E-state index in [0.717, 1.165) is 19.3 Å². The van der Waals surface area contributed by atoms with E-state index in [4.69, 9.17) is 9.84 Å². The normalized spacial score (nSPS) is 14.8. The Hall–Kier alpha value is -2.12. The van der Waals surface area contributed by atoms with Gasteiger partial charge in [-0.05, 0) is 30.1 Å². The van der Waals surface area contributed by atoms with Crippen molar-refractivity contribution in [3.05, 3.63) is 0 Å². The number of carboxylic acid groups (broad SMARTS) is 3. The van der Waals surface area contributed by atoms with Crippen molar-refractivity contribution in [2.75, 3.05) is 0 Å². The van der Waals surface area contributed by atoms with Gasteiger partial charge < -0.3 is 20.1 Å². The first-order valence-corrected chi connectivity index (χ1v) is 11.9. The third-order valence-corrected chi connectivity index (χ3v) is 5.78. The average molecular weight is 473 g/mol. The maximum Gasteiger partial charge on any atom is 0.307 e. The number of ether oxygens (including phenoxy) is 1. The lowest BCUT2D eigenvalue weighted by atomic mass is 9.78. The van der Waals surface area contributed by atoms with Crippen LogP contribution in [0.25, 0.3) is 0 Å². The quantitative estimate of drug-likeness (QED) is 0.189. The van der Waals surface area contributed by atoms with Crippen molar-refractivity contribution in [1.82, 2.24) is 0 Å². The van der Waals surface area contributed by atoms with Crippen molar-refractivity contribution in [1.29, 1.82) is 0 Å². The van der Waals surface area contributed by atoms with Gasteiger partial charge in [-0.3, -0.25) is 19.2 Å². The van der Waals surface area contributed by atoms with Gasteiger partial charge in [0.1, 0.15) is 6.10 Å². The van der Waals surface area contributed by atoms with Gasteiger partial charge in [-0.15, -0.1) is 0 Å². The number of rotatable bonds is 17. The Labute approximate surface area is 198 Å². The van der Waals surface area contributed by atoms with E-state index in [-0.39, 0.29) is 10.8 Å². The first kappa shape index (κ1) is 30.9. The fraction of sp³-hybridized carbons (Fsp3) is 0.840. The first-order valence-electron chi connectivity index (χ1n) is 11.9. The van der Waals surface area contributed by atoms with Gasteiger partial charge in [-0.25, -0.2) is 0 Å².